The molecule has 2 aromatic rings. The minimum Gasteiger partial charge on any atom is -0.285 e. The Bertz CT molecular complexity index is 1120. The zero-order valence-electron chi connectivity index (χ0n) is 15.6. The van der Waals surface area contributed by atoms with Crippen LogP contribution in [0.1, 0.15) is 22.8 Å². The molecule has 0 saturated carbocycles. The fourth-order valence-corrected chi connectivity index (χ4v) is 5.80. The van der Waals surface area contributed by atoms with Crippen molar-refractivity contribution in [2.45, 2.75) is 23.5 Å². The zero-order valence-corrected chi connectivity index (χ0v) is 18.1. The third-order valence-corrected chi connectivity index (χ3v) is 8.36. The molecule has 0 fully saturated rings. The lowest BCUT2D eigenvalue weighted by molar-refractivity contribution is 0.338. The van der Waals surface area contributed by atoms with Gasteiger partial charge in [0.1, 0.15) is 5.25 Å². The fourth-order valence-electron chi connectivity index (χ4n) is 2.59. The molecule has 0 aliphatic heterocycles. The molecule has 0 amide bonds. The van der Waals surface area contributed by atoms with Gasteiger partial charge in [-0.05, 0) is 31.0 Å². The topological polar surface area (TPSA) is 132 Å². The maximum atomic E-state index is 12.2. The highest BCUT2D eigenvalue weighted by molar-refractivity contribution is 7.91. The maximum Gasteiger partial charge on any atom is 0.297 e. The highest BCUT2D eigenvalue weighted by Gasteiger charge is 2.27. The molecule has 8 nitrogen and oxygen atoms in total. The van der Waals surface area contributed by atoms with E-state index in [0.717, 1.165) is 5.56 Å². The lowest BCUT2D eigenvalue weighted by Crippen LogP contribution is -2.21. The summed E-state index contributed by atoms with van der Waals surface area (Å²) in [7, 11) is -12.4. The van der Waals surface area contributed by atoms with Crippen LogP contribution in [0.15, 0.2) is 59.5 Å². The molecule has 0 spiro atoms. The van der Waals surface area contributed by atoms with Gasteiger partial charge in [-0.15, -0.1) is 0 Å². The Balaban J connectivity index is 1.98. The van der Waals surface area contributed by atoms with E-state index in [1.54, 1.807) is 37.3 Å². The Morgan fingerprint density at radius 2 is 1.45 bits per heavy atom. The fraction of sp³-hybridized carbons (Fsp3) is 0.333. The van der Waals surface area contributed by atoms with Crippen molar-refractivity contribution in [1.82, 2.24) is 0 Å². The minimum atomic E-state index is -4.52. The van der Waals surface area contributed by atoms with Gasteiger partial charge in [0.05, 0.1) is 23.0 Å². The second kappa shape index (κ2) is 9.35. The van der Waals surface area contributed by atoms with Crippen LogP contribution in [0.5, 0.6) is 0 Å². The second-order valence-electron chi connectivity index (χ2n) is 6.44. The van der Waals surface area contributed by atoms with Gasteiger partial charge in [0, 0.05) is 0 Å². The Morgan fingerprint density at radius 1 is 0.862 bits per heavy atom. The molecule has 0 aliphatic carbocycles. The Hall–Kier alpha value is -1.79. The number of hydrogen-bond acceptors (Lipinski definition) is 7. The average Bonchev–Trinajstić information content (AvgIpc) is 2.61. The van der Waals surface area contributed by atoms with Crippen molar-refractivity contribution in [3.8, 4) is 0 Å². The number of aryl methyl sites for hydroxylation is 1. The first-order chi connectivity index (χ1) is 13.4. The summed E-state index contributed by atoms with van der Waals surface area (Å²) in [5.41, 5.74) is 1.13. The van der Waals surface area contributed by atoms with Gasteiger partial charge in [-0.1, -0.05) is 48.0 Å². The molecule has 1 atom stereocenters. The predicted molar refractivity (Wildman–Crippen MR) is 108 cm³/mol. The molecule has 2 rings (SSSR count). The van der Waals surface area contributed by atoms with Crippen LogP contribution in [0.25, 0.3) is 0 Å². The van der Waals surface area contributed by atoms with Crippen LogP contribution in [0, 0.1) is 6.92 Å². The van der Waals surface area contributed by atoms with Gasteiger partial charge >= 0.3 is 0 Å². The number of benzene rings is 2. The predicted octanol–water partition coefficient (Wildman–Crippen LogP) is 2.13. The SMILES string of the molecule is Cc1ccc(S(=O)(=O)OCCS(=O)(=O)CCC(c2ccccc2)S(=O)(=O)O)cc1. The van der Waals surface area contributed by atoms with Crippen LogP contribution < -0.4 is 0 Å². The molecular formula is C18H22O8S3. The van der Waals surface area contributed by atoms with Crippen molar-refractivity contribution >= 4 is 30.1 Å². The van der Waals surface area contributed by atoms with E-state index in [1.165, 1.54) is 24.3 Å². The molecule has 0 radical (unpaired) electrons. The minimum absolute atomic E-state index is 0.0870. The van der Waals surface area contributed by atoms with Crippen LogP contribution in [-0.4, -0.2) is 47.9 Å². The lowest BCUT2D eigenvalue weighted by Gasteiger charge is -2.14. The molecule has 2 aromatic carbocycles. The Labute approximate surface area is 171 Å². The van der Waals surface area contributed by atoms with Crippen molar-refractivity contribution in [2.24, 2.45) is 0 Å². The van der Waals surface area contributed by atoms with E-state index < -0.39 is 53.4 Å². The standard InChI is InChI=1S/C18H22O8S3/c1-15-7-9-17(10-8-15)29(24,25)26-12-14-27(19,20)13-11-18(28(21,22)23)16-5-3-2-4-6-16/h2-10,18H,11-14H2,1H3,(H,21,22,23). The summed E-state index contributed by atoms with van der Waals surface area (Å²) in [6.45, 7) is 1.19. The monoisotopic (exact) mass is 462 g/mol. The third-order valence-electron chi connectivity index (χ3n) is 4.16. The van der Waals surface area contributed by atoms with Gasteiger partial charge in [-0.3, -0.25) is 8.74 Å². The van der Waals surface area contributed by atoms with E-state index in [4.69, 9.17) is 4.18 Å². The van der Waals surface area contributed by atoms with Crippen molar-refractivity contribution in [3.05, 3.63) is 65.7 Å². The molecule has 0 bridgehead atoms. The summed E-state index contributed by atoms with van der Waals surface area (Å²) in [5, 5.41) is -1.39. The van der Waals surface area contributed by atoms with Gasteiger partial charge in [-0.25, -0.2) is 8.42 Å². The van der Waals surface area contributed by atoms with Crippen LogP contribution in [0.3, 0.4) is 0 Å². The molecule has 0 aromatic heterocycles. The summed E-state index contributed by atoms with van der Waals surface area (Å²) < 4.78 is 86.1. The van der Waals surface area contributed by atoms with Crippen LogP contribution in [0.2, 0.25) is 0 Å². The number of sulfone groups is 1. The Morgan fingerprint density at radius 3 is 2.00 bits per heavy atom. The molecule has 0 heterocycles. The highest BCUT2D eigenvalue weighted by atomic mass is 32.2. The summed E-state index contributed by atoms with van der Waals surface area (Å²) in [6.07, 6.45) is -0.365. The second-order valence-corrected chi connectivity index (χ2v) is 12.0. The molecule has 1 unspecified atom stereocenters. The van der Waals surface area contributed by atoms with Gasteiger partial charge in [0.15, 0.2) is 9.84 Å². The quantitative estimate of drug-likeness (QED) is 0.419. The first-order valence-electron chi connectivity index (χ1n) is 8.58. The number of hydrogen-bond donors (Lipinski definition) is 1. The molecule has 11 heteroatoms. The number of rotatable bonds is 10. The molecule has 0 saturated heterocycles. The molecular weight excluding hydrogens is 440 g/mol. The zero-order chi connectivity index (χ0) is 21.7. The molecule has 1 N–H and O–H groups in total. The van der Waals surface area contributed by atoms with E-state index in [1.807, 2.05) is 0 Å². The van der Waals surface area contributed by atoms with Crippen LogP contribution >= 0.6 is 0 Å². The van der Waals surface area contributed by atoms with E-state index >= 15 is 0 Å². The van der Waals surface area contributed by atoms with Crippen molar-refractivity contribution in [1.29, 1.82) is 0 Å². The van der Waals surface area contributed by atoms with Crippen LogP contribution in [0.4, 0.5) is 0 Å². The molecule has 160 valence electrons. The smallest absolute Gasteiger partial charge is 0.285 e. The first kappa shape index (κ1) is 23.5. The van der Waals surface area contributed by atoms with E-state index in [-0.39, 0.29) is 16.9 Å². The Kier molecular flexibility index (Phi) is 7.57. The largest absolute Gasteiger partial charge is 0.297 e. The highest BCUT2D eigenvalue weighted by Crippen LogP contribution is 2.25. The van der Waals surface area contributed by atoms with E-state index in [2.05, 4.69) is 0 Å². The molecule has 29 heavy (non-hydrogen) atoms. The maximum absolute atomic E-state index is 12.2. The van der Waals surface area contributed by atoms with Crippen LogP contribution in [-0.2, 0) is 34.3 Å². The van der Waals surface area contributed by atoms with E-state index in [9.17, 15) is 29.8 Å². The van der Waals surface area contributed by atoms with Gasteiger partial charge < -0.3 is 0 Å². The first-order valence-corrected chi connectivity index (χ1v) is 13.3. The van der Waals surface area contributed by atoms with Crippen molar-refractivity contribution in [3.63, 3.8) is 0 Å². The van der Waals surface area contributed by atoms with E-state index in [0.29, 0.717) is 0 Å². The van der Waals surface area contributed by atoms with Gasteiger partial charge in [0.2, 0.25) is 0 Å². The van der Waals surface area contributed by atoms with Crippen molar-refractivity contribution < 1.29 is 34.0 Å². The van der Waals surface area contributed by atoms with Crippen molar-refractivity contribution in [2.75, 3.05) is 18.1 Å². The van der Waals surface area contributed by atoms with Gasteiger partial charge in [-0.2, -0.15) is 16.8 Å². The molecule has 0 aliphatic rings. The summed E-state index contributed by atoms with van der Waals surface area (Å²) >= 11 is 0. The normalized spacial score (nSPS) is 13.9. The summed E-state index contributed by atoms with van der Waals surface area (Å²) in [6, 6.07) is 13.7. The van der Waals surface area contributed by atoms with Gasteiger partial charge in [0.25, 0.3) is 20.2 Å². The third kappa shape index (κ3) is 7.19. The summed E-state index contributed by atoms with van der Waals surface area (Å²) in [4.78, 5) is -0.0870. The lowest BCUT2D eigenvalue weighted by atomic mass is 10.1. The average molecular weight is 463 g/mol. The summed E-state index contributed by atoms with van der Waals surface area (Å²) in [5.74, 6) is -1.16.